The van der Waals surface area contributed by atoms with Crippen molar-refractivity contribution in [1.29, 1.82) is 0 Å². The van der Waals surface area contributed by atoms with Gasteiger partial charge in [0, 0.05) is 6.54 Å². The van der Waals surface area contributed by atoms with E-state index in [9.17, 15) is 0 Å². The number of nitrogens with one attached hydrogen (secondary N) is 1. The monoisotopic (exact) mass is 209 g/mol. The molecule has 0 radical (unpaired) electrons. The van der Waals surface area contributed by atoms with Crippen molar-refractivity contribution in [2.45, 2.75) is 59.3 Å². The fourth-order valence-electron chi connectivity index (χ4n) is 3.52. The molecule has 0 aromatic carbocycles. The predicted molar refractivity (Wildman–Crippen MR) is 65.9 cm³/mol. The third-order valence-corrected chi connectivity index (χ3v) is 5.39. The molecule has 1 N–H and O–H groups in total. The molecule has 2 rings (SSSR count). The first kappa shape index (κ1) is 11.4. The lowest BCUT2D eigenvalue weighted by atomic mass is 9.62. The molecule has 1 nitrogen and oxygen atoms in total. The maximum Gasteiger partial charge on any atom is 0.000829 e. The Morgan fingerprint density at radius 1 is 1.20 bits per heavy atom. The normalized spacial score (nSPS) is 37.4. The number of hydrogen-bond acceptors (Lipinski definition) is 1. The molecule has 1 heterocycles. The highest BCUT2D eigenvalue weighted by atomic mass is 14.9. The Morgan fingerprint density at radius 3 is 2.33 bits per heavy atom. The summed E-state index contributed by atoms with van der Waals surface area (Å²) in [5.41, 5.74) is 1.29. The maximum absolute atomic E-state index is 3.55. The Bertz CT molecular complexity index is 203. The van der Waals surface area contributed by atoms with E-state index in [1.807, 2.05) is 0 Å². The molecule has 1 aliphatic heterocycles. The van der Waals surface area contributed by atoms with Gasteiger partial charge in [0.2, 0.25) is 0 Å². The van der Waals surface area contributed by atoms with Gasteiger partial charge in [-0.05, 0) is 55.4 Å². The molecular weight excluding hydrogens is 182 g/mol. The van der Waals surface area contributed by atoms with Crippen LogP contribution in [0.1, 0.15) is 59.3 Å². The van der Waals surface area contributed by atoms with Crippen molar-refractivity contribution in [2.24, 2.45) is 16.7 Å². The first-order chi connectivity index (χ1) is 7.08. The highest BCUT2D eigenvalue weighted by Crippen LogP contribution is 2.48. The summed E-state index contributed by atoms with van der Waals surface area (Å²) in [7, 11) is 0. The summed E-state index contributed by atoms with van der Waals surface area (Å²) in [6.45, 7) is 9.83. The van der Waals surface area contributed by atoms with Gasteiger partial charge in [-0.2, -0.15) is 0 Å². The molecule has 0 aromatic heterocycles. The van der Waals surface area contributed by atoms with Crippen molar-refractivity contribution < 1.29 is 0 Å². The van der Waals surface area contributed by atoms with Crippen LogP contribution in [0, 0.1) is 16.7 Å². The summed E-state index contributed by atoms with van der Waals surface area (Å²) in [4.78, 5) is 0. The van der Waals surface area contributed by atoms with Crippen LogP contribution in [0.25, 0.3) is 0 Å². The lowest BCUT2D eigenvalue weighted by molar-refractivity contribution is 0.0863. The smallest absolute Gasteiger partial charge is 0.000829 e. The van der Waals surface area contributed by atoms with E-state index in [0.717, 1.165) is 5.92 Å². The molecule has 88 valence electrons. The molecule has 1 heteroatoms. The molecule has 0 bridgehead atoms. The van der Waals surface area contributed by atoms with Crippen molar-refractivity contribution in [3.63, 3.8) is 0 Å². The zero-order valence-corrected chi connectivity index (χ0v) is 10.7. The van der Waals surface area contributed by atoms with Crippen LogP contribution in [0.3, 0.4) is 0 Å². The zero-order valence-electron chi connectivity index (χ0n) is 10.7. The number of rotatable bonds is 2. The van der Waals surface area contributed by atoms with E-state index in [1.165, 1.54) is 51.6 Å². The van der Waals surface area contributed by atoms with Gasteiger partial charge in [-0.25, -0.2) is 0 Å². The summed E-state index contributed by atoms with van der Waals surface area (Å²) in [5.74, 6) is 0.980. The van der Waals surface area contributed by atoms with Crippen LogP contribution in [-0.2, 0) is 0 Å². The van der Waals surface area contributed by atoms with Gasteiger partial charge in [-0.15, -0.1) is 0 Å². The molecule has 1 saturated heterocycles. The second kappa shape index (κ2) is 4.08. The van der Waals surface area contributed by atoms with Gasteiger partial charge in [-0.1, -0.05) is 27.2 Å². The molecule has 0 aromatic rings. The zero-order chi connectivity index (χ0) is 10.9. The third kappa shape index (κ3) is 2.22. The van der Waals surface area contributed by atoms with Crippen LogP contribution >= 0.6 is 0 Å². The molecule has 1 saturated carbocycles. The minimum atomic E-state index is 0.577. The summed E-state index contributed by atoms with van der Waals surface area (Å²) in [6.07, 6.45) is 8.68. The van der Waals surface area contributed by atoms with Gasteiger partial charge < -0.3 is 5.32 Å². The largest absolute Gasteiger partial charge is 0.316 e. The SMILES string of the molecule is CCC(C)(C)C1CCC2(CCNC2)CC1. The molecule has 1 aliphatic carbocycles. The van der Waals surface area contributed by atoms with Gasteiger partial charge in [0.25, 0.3) is 0 Å². The Hall–Kier alpha value is -0.0400. The van der Waals surface area contributed by atoms with Gasteiger partial charge >= 0.3 is 0 Å². The minimum Gasteiger partial charge on any atom is -0.316 e. The van der Waals surface area contributed by atoms with E-state index in [-0.39, 0.29) is 0 Å². The summed E-state index contributed by atoms with van der Waals surface area (Å²) in [5, 5.41) is 3.55. The van der Waals surface area contributed by atoms with Crippen molar-refractivity contribution in [1.82, 2.24) is 5.32 Å². The fraction of sp³-hybridized carbons (Fsp3) is 1.00. The molecule has 2 fully saturated rings. The summed E-state index contributed by atoms with van der Waals surface area (Å²) < 4.78 is 0. The van der Waals surface area contributed by atoms with E-state index < -0.39 is 0 Å². The third-order valence-electron chi connectivity index (χ3n) is 5.39. The molecule has 2 aliphatic rings. The predicted octanol–water partition coefficient (Wildman–Crippen LogP) is 3.59. The first-order valence-electron chi connectivity index (χ1n) is 6.79. The van der Waals surface area contributed by atoms with Crippen molar-refractivity contribution in [3.05, 3.63) is 0 Å². The molecular formula is C14H27N. The topological polar surface area (TPSA) is 12.0 Å². The maximum atomic E-state index is 3.55. The van der Waals surface area contributed by atoms with Crippen LogP contribution in [0.15, 0.2) is 0 Å². The fourth-order valence-corrected chi connectivity index (χ4v) is 3.52. The number of hydrogen-bond donors (Lipinski definition) is 1. The van der Waals surface area contributed by atoms with Crippen LogP contribution in [0.2, 0.25) is 0 Å². The van der Waals surface area contributed by atoms with Gasteiger partial charge in [-0.3, -0.25) is 0 Å². The van der Waals surface area contributed by atoms with Gasteiger partial charge in [0.1, 0.15) is 0 Å². The minimum absolute atomic E-state index is 0.577. The van der Waals surface area contributed by atoms with Crippen LogP contribution in [-0.4, -0.2) is 13.1 Å². The molecule has 0 unspecified atom stereocenters. The van der Waals surface area contributed by atoms with Crippen molar-refractivity contribution >= 4 is 0 Å². The van der Waals surface area contributed by atoms with Crippen molar-refractivity contribution in [3.8, 4) is 0 Å². The van der Waals surface area contributed by atoms with Crippen LogP contribution in [0.5, 0.6) is 0 Å². The Morgan fingerprint density at radius 2 is 1.87 bits per heavy atom. The van der Waals surface area contributed by atoms with E-state index in [2.05, 4.69) is 26.1 Å². The molecule has 1 spiro atoms. The second-order valence-electron chi connectivity index (χ2n) is 6.54. The van der Waals surface area contributed by atoms with Gasteiger partial charge in [0.15, 0.2) is 0 Å². The van der Waals surface area contributed by atoms with E-state index in [1.54, 1.807) is 0 Å². The lowest BCUT2D eigenvalue weighted by Crippen LogP contribution is -2.34. The standard InChI is InChI=1S/C14H27N/c1-4-13(2,3)12-5-7-14(8-6-12)9-10-15-11-14/h12,15H,4-11H2,1-3H3. The summed E-state index contributed by atoms with van der Waals surface area (Å²) >= 11 is 0. The highest BCUT2D eigenvalue weighted by Gasteiger charge is 2.40. The van der Waals surface area contributed by atoms with E-state index >= 15 is 0 Å². The average Bonchev–Trinajstić information content (AvgIpc) is 2.67. The highest BCUT2D eigenvalue weighted by molar-refractivity contribution is 4.94. The second-order valence-corrected chi connectivity index (χ2v) is 6.54. The van der Waals surface area contributed by atoms with Crippen molar-refractivity contribution in [2.75, 3.05) is 13.1 Å². The molecule has 15 heavy (non-hydrogen) atoms. The quantitative estimate of drug-likeness (QED) is 0.733. The average molecular weight is 209 g/mol. The molecule has 0 atom stereocenters. The first-order valence-corrected chi connectivity index (χ1v) is 6.79. The van der Waals surface area contributed by atoms with Crippen LogP contribution in [0.4, 0.5) is 0 Å². The Balaban J connectivity index is 1.91. The Kier molecular flexibility index (Phi) is 3.12. The van der Waals surface area contributed by atoms with Crippen LogP contribution < -0.4 is 5.32 Å². The Labute approximate surface area is 95.0 Å². The molecule has 0 amide bonds. The lowest BCUT2D eigenvalue weighted by Gasteiger charge is -2.43. The van der Waals surface area contributed by atoms with E-state index in [0.29, 0.717) is 10.8 Å². The summed E-state index contributed by atoms with van der Waals surface area (Å²) in [6, 6.07) is 0. The van der Waals surface area contributed by atoms with E-state index in [4.69, 9.17) is 0 Å². The van der Waals surface area contributed by atoms with Gasteiger partial charge in [0.05, 0.1) is 0 Å².